The van der Waals surface area contributed by atoms with Crippen molar-refractivity contribution in [2.24, 2.45) is 11.3 Å². The van der Waals surface area contributed by atoms with E-state index in [1.807, 2.05) is 50.1 Å². The fourth-order valence-electron chi connectivity index (χ4n) is 13.7. The van der Waals surface area contributed by atoms with Gasteiger partial charge < -0.3 is 43.9 Å². The number of esters is 3. The normalized spacial score (nSPS) is 36.8. The number of aryl methyl sites for hydroxylation is 1. The molecule has 3 N–H and O–H groups in total. The lowest BCUT2D eigenvalue weighted by Crippen LogP contribution is -2.81. The number of hydrogen-bond donors (Lipinski definition) is 3. The van der Waals surface area contributed by atoms with Crippen LogP contribution in [0.5, 0.6) is 5.75 Å². The second-order valence-corrected chi connectivity index (χ2v) is 18.6. The van der Waals surface area contributed by atoms with E-state index in [0.29, 0.717) is 76.0 Å². The molecule has 60 heavy (non-hydrogen) atoms. The standard InChI is InChI=1S/C47H60N4O9/c1-8-43(55)24-29-25-46(41(53)58-6,37-31(15-12-19-50(26-29)27-43)30-14-10-11-16-34(30)48-37)33-22-32-35(23-36(33)57-5)49(4)39-45(32)18-21-51-20-13-17-44(9-2,38(45)51)40(60-28(3)52)47(39,56)42(54)59-7/h10-11,13-14,16-17,22-23,29,38-40,48,55-56H,8-9,12,15,18-21,24-27H2,1-7H3/t29?,38?,39?,40?,43-,44+,45?,46-,47-/m0/s1. The Kier molecular flexibility index (Phi) is 9.77. The van der Waals surface area contributed by atoms with Crippen molar-refractivity contribution in [3.8, 4) is 5.75 Å². The minimum Gasteiger partial charge on any atom is -0.496 e. The average molecular weight is 825 g/mol. The van der Waals surface area contributed by atoms with Gasteiger partial charge in [-0.25, -0.2) is 4.79 Å². The number of piperidine rings is 1. The highest BCUT2D eigenvalue weighted by molar-refractivity contribution is 5.95. The van der Waals surface area contributed by atoms with Gasteiger partial charge in [0.05, 0.1) is 33.0 Å². The van der Waals surface area contributed by atoms with E-state index in [1.54, 1.807) is 7.11 Å². The van der Waals surface area contributed by atoms with E-state index in [-0.39, 0.29) is 12.0 Å². The van der Waals surface area contributed by atoms with Gasteiger partial charge in [0.2, 0.25) is 5.60 Å². The maximum absolute atomic E-state index is 15.4. The third kappa shape index (κ3) is 5.34. The Bertz CT molecular complexity index is 2270. The lowest BCUT2D eigenvalue weighted by atomic mass is 9.47. The molecular formula is C47H60N4O9. The molecule has 1 saturated carbocycles. The number of nitrogens with zero attached hydrogens (tertiary/aromatic N) is 3. The molecule has 6 unspecified atom stereocenters. The third-order valence-electron chi connectivity index (χ3n) is 15.8. The molecule has 13 nitrogen and oxygen atoms in total. The van der Waals surface area contributed by atoms with E-state index in [2.05, 4.69) is 39.1 Å². The van der Waals surface area contributed by atoms with Gasteiger partial charge in [-0.3, -0.25) is 14.5 Å². The number of nitrogens with one attached hydrogen (secondary N) is 1. The van der Waals surface area contributed by atoms with Crippen LogP contribution in [0.15, 0.2) is 48.6 Å². The number of benzene rings is 2. The Morgan fingerprint density at radius 1 is 0.950 bits per heavy atom. The number of hydrogen-bond acceptors (Lipinski definition) is 12. The van der Waals surface area contributed by atoms with Gasteiger partial charge in [-0.1, -0.05) is 44.2 Å². The number of aromatic nitrogens is 1. The van der Waals surface area contributed by atoms with Crippen LogP contribution < -0.4 is 9.64 Å². The van der Waals surface area contributed by atoms with Gasteiger partial charge in [-0.05, 0) is 87.2 Å². The maximum atomic E-state index is 15.4. The van der Waals surface area contributed by atoms with Crippen molar-refractivity contribution in [3.63, 3.8) is 0 Å². The van der Waals surface area contributed by atoms with Crippen LogP contribution in [0, 0.1) is 11.3 Å². The monoisotopic (exact) mass is 824 g/mol. The van der Waals surface area contributed by atoms with E-state index < -0.39 is 57.5 Å². The molecule has 2 saturated heterocycles. The maximum Gasteiger partial charge on any atom is 0.344 e. The second-order valence-electron chi connectivity index (χ2n) is 18.6. The first-order valence-corrected chi connectivity index (χ1v) is 21.7. The smallest absolute Gasteiger partial charge is 0.344 e. The molecule has 10 atom stereocenters. The van der Waals surface area contributed by atoms with E-state index in [1.165, 1.54) is 21.1 Å². The Hall–Kier alpha value is -4.43. The molecule has 0 radical (unpaired) electrons. The van der Waals surface area contributed by atoms with Crippen LogP contribution in [0.2, 0.25) is 0 Å². The lowest BCUT2D eigenvalue weighted by Gasteiger charge is -2.63. The molecule has 13 heteroatoms. The number of aliphatic hydroxyl groups is 2. The summed E-state index contributed by atoms with van der Waals surface area (Å²) in [5.41, 5.74) is -1.58. The number of rotatable bonds is 7. The number of carbonyl (C=O) groups is 3. The van der Waals surface area contributed by atoms with Crippen molar-refractivity contribution in [1.29, 1.82) is 0 Å². The molecule has 9 rings (SSSR count). The molecular weight excluding hydrogens is 765 g/mol. The van der Waals surface area contributed by atoms with Crippen LogP contribution in [0.1, 0.15) is 81.7 Å². The quantitative estimate of drug-likeness (QED) is 0.176. The number of ether oxygens (including phenoxy) is 4. The van der Waals surface area contributed by atoms with Crippen molar-refractivity contribution >= 4 is 34.5 Å². The average Bonchev–Trinajstić information content (AvgIpc) is 3.90. The van der Waals surface area contributed by atoms with Gasteiger partial charge in [-0.2, -0.15) is 0 Å². The summed E-state index contributed by atoms with van der Waals surface area (Å²) in [6.07, 6.45) is 6.84. The van der Waals surface area contributed by atoms with Gasteiger partial charge in [0, 0.05) is 84.4 Å². The van der Waals surface area contributed by atoms with E-state index in [0.717, 1.165) is 46.4 Å². The van der Waals surface area contributed by atoms with Crippen LogP contribution in [0.3, 0.4) is 0 Å². The van der Waals surface area contributed by atoms with E-state index in [4.69, 9.17) is 18.9 Å². The molecule has 5 aliphatic heterocycles. The van der Waals surface area contributed by atoms with Crippen molar-refractivity contribution in [1.82, 2.24) is 14.8 Å². The molecule has 1 aromatic heterocycles. The number of aromatic amines is 1. The molecule has 6 aliphatic rings. The predicted octanol–water partition coefficient (Wildman–Crippen LogP) is 4.38. The fraction of sp³-hybridized carbons (Fsp3) is 0.596. The minimum atomic E-state index is -2.30. The summed E-state index contributed by atoms with van der Waals surface area (Å²) < 4.78 is 24.0. The number of para-hydroxylation sites is 1. The number of carbonyl (C=O) groups excluding carboxylic acids is 3. The number of H-pyrrole nitrogens is 1. The molecule has 6 heterocycles. The molecule has 2 aromatic carbocycles. The van der Waals surface area contributed by atoms with Gasteiger partial charge >= 0.3 is 17.9 Å². The molecule has 1 aliphatic carbocycles. The van der Waals surface area contributed by atoms with Crippen LogP contribution >= 0.6 is 0 Å². The first-order valence-electron chi connectivity index (χ1n) is 21.7. The Morgan fingerprint density at radius 3 is 2.42 bits per heavy atom. The summed E-state index contributed by atoms with van der Waals surface area (Å²) in [5, 5.41) is 26.4. The van der Waals surface area contributed by atoms with Gasteiger partial charge in [0.1, 0.15) is 11.2 Å². The first-order chi connectivity index (χ1) is 28.7. The minimum absolute atomic E-state index is 0.103. The summed E-state index contributed by atoms with van der Waals surface area (Å²) in [4.78, 5) is 53.3. The number of likely N-dealkylation sites (N-methyl/N-ethyl adjacent to an activating group) is 1. The number of anilines is 1. The molecule has 3 aromatic rings. The van der Waals surface area contributed by atoms with E-state index >= 15 is 4.79 Å². The summed E-state index contributed by atoms with van der Waals surface area (Å²) in [7, 11) is 6.17. The lowest BCUT2D eigenvalue weighted by molar-refractivity contribution is -0.228. The predicted molar refractivity (Wildman–Crippen MR) is 225 cm³/mol. The number of fused-ring (bicyclic) bond motifs is 6. The Balaban J connectivity index is 1.37. The summed E-state index contributed by atoms with van der Waals surface area (Å²) in [6, 6.07) is 11.0. The molecule has 1 spiro atoms. The molecule has 2 bridgehead atoms. The highest BCUT2D eigenvalue weighted by Crippen LogP contribution is 2.68. The number of methoxy groups -OCH3 is 3. The van der Waals surface area contributed by atoms with Gasteiger partial charge in [0.25, 0.3) is 0 Å². The largest absolute Gasteiger partial charge is 0.496 e. The van der Waals surface area contributed by atoms with E-state index in [9.17, 15) is 19.8 Å². The van der Waals surface area contributed by atoms with Crippen LogP contribution in [0.4, 0.5) is 5.69 Å². The van der Waals surface area contributed by atoms with Crippen molar-refractivity contribution in [3.05, 3.63) is 70.9 Å². The highest BCUT2D eigenvalue weighted by Gasteiger charge is 2.80. The summed E-state index contributed by atoms with van der Waals surface area (Å²) in [6.45, 7) is 8.77. The Morgan fingerprint density at radius 2 is 1.72 bits per heavy atom. The van der Waals surface area contributed by atoms with Crippen molar-refractivity contribution < 1.29 is 43.5 Å². The summed E-state index contributed by atoms with van der Waals surface area (Å²) >= 11 is 0. The van der Waals surface area contributed by atoms with Crippen LogP contribution in [-0.4, -0.2) is 133 Å². The topological polar surface area (TPSA) is 154 Å². The zero-order valence-electron chi connectivity index (χ0n) is 36.0. The highest BCUT2D eigenvalue weighted by atomic mass is 16.6. The zero-order chi connectivity index (χ0) is 42.6. The van der Waals surface area contributed by atoms with Crippen LogP contribution in [-0.2, 0) is 45.8 Å². The SMILES string of the molecule is CC[C@]1(O)CC2CN(CCCc3c([nH]c4ccccc34)[C@@](C(=O)OC)(c3cc4c(cc3OC)N(C)C3C45CCN4CC=C[C@](CC)(C45)C(OC(C)=O)[C@]3(O)C(=O)OC)C2)C1. The van der Waals surface area contributed by atoms with Gasteiger partial charge in [0.15, 0.2) is 6.10 Å². The van der Waals surface area contributed by atoms with Crippen molar-refractivity contribution in [2.75, 3.05) is 66.0 Å². The summed E-state index contributed by atoms with van der Waals surface area (Å²) in [5.74, 6) is -1.56. The zero-order valence-corrected chi connectivity index (χ0v) is 36.0. The van der Waals surface area contributed by atoms with Crippen molar-refractivity contribution in [2.45, 2.75) is 106 Å². The molecule has 3 fully saturated rings. The fourth-order valence-corrected chi connectivity index (χ4v) is 13.7. The van der Waals surface area contributed by atoms with Gasteiger partial charge in [-0.15, -0.1) is 0 Å². The molecule has 322 valence electrons. The van der Waals surface area contributed by atoms with Crippen LogP contribution in [0.25, 0.3) is 10.9 Å². The first kappa shape index (κ1) is 40.9. The molecule has 0 amide bonds. The third-order valence-corrected chi connectivity index (χ3v) is 15.8. The second kappa shape index (κ2) is 14.3. The Labute approximate surface area is 352 Å².